The van der Waals surface area contributed by atoms with Crippen LogP contribution in [-0.4, -0.2) is 49.0 Å². The van der Waals surface area contributed by atoms with Gasteiger partial charge in [-0.05, 0) is 68.6 Å². The van der Waals surface area contributed by atoms with Crippen LogP contribution >= 0.6 is 11.5 Å². The monoisotopic (exact) mass is 448 g/mol. The van der Waals surface area contributed by atoms with Crippen molar-refractivity contribution in [3.63, 3.8) is 0 Å². The fourth-order valence-electron chi connectivity index (χ4n) is 3.71. The smallest absolute Gasteiger partial charge is 0.410 e. The van der Waals surface area contributed by atoms with Crippen molar-refractivity contribution in [1.29, 1.82) is 0 Å². The van der Waals surface area contributed by atoms with E-state index in [1.165, 1.54) is 11.5 Å². The maximum absolute atomic E-state index is 12.3. The Balaban J connectivity index is 1.37. The van der Waals surface area contributed by atoms with Crippen LogP contribution in [-0.2, 0) is 4.74 Å². The minimum absolute atomic E-state index is 0.278. The van der Waals surface area contributed by atoms with Gasteiger partial charge >= 0.3 is 6.09 Å². The first-order valence-corrected chi connectivity index (χ1v) is 11.3. The minimum atomic E-state index is -0.495. The average Bonchev–Trinajstić information content (AvgIpc) is 3.40. The predicted molar refractivity (Wildman–Crippen MR) is 127 cm³/mol. The summed E-state index contributed by atoms with van der Waals surface area (Å²) >= 11 is 1.48. The zero-order valence-corrected chi connectivity index (χ0v) is 19.0. The van der Waals surface area contributed by atoms with Crippen LogP contribution in [0.15, 0.2) is 42.9 Å². The summed E-state index contributed by atoms with van der Waals surface area (Å²) in [6.07, 6.45) is 5.94. The third-order valence-electron chi connectivity index (χ3n) is 5.25. The molecule has 3 aromatic heterocycles. The molecule has 164 valence electrons. The molecule has 0 saturated heterocycles. The number of rotatable bonds is 3. The number of carbonyl (C=O) groups excluding carboxylic acids is 1. The third-order valence-corrected chi connectivity index (χ3v) is 6.03. The molecule has 0 spiro atoms. The molecule has 4 aromatic rings. The number of benzene rings is 1. The number of fused-ring (bicyclic) bond motifs is 2. The molecule has 0 saturated carbocycles. The van der Waals surface area contributed by atoms with Crippen molar-refractivity contribution in [2.75, 3.05) is 18.4 Å². The van der Waals surface area contributed by atoms with Gasteiger partial charge in [0, 0.05) is 36.1 Å². The van der Waals surface area contributed by atoms with Gasteiger partial charge in [-0.1, -0.05) is 6.08 Å². The van der Waals surface area contributed by atoms with Crippen LogP contribution in [0.25, 0.3) is 26.7 Å². The summed E-state index contributed by atoms with van der Waals surface area (Å²) < 4.78 is 10.9. The van der Waals surface area contributed by atoms with Gasteiger partial charge < -0.3 is 19.9 Å². The van der Waals surface area contributed by atoms with Gasteiger partial charge in [-0.15, -0.1) is 0 Å². The highest BCUT2D eigenvalue weighted by atomic mass is 32.1. The van der Waals surface area contributed by atoms with E-state index in [1.54, 1.807) is 11.2 Å². The molecule has 1 aromatic carbocycles. The molecule has 1 aliphatic rings. The SMILES string of the molecule is CC(C)(C)OC(=O)N1CC=C(c2cc3c(Nc4ccc5sncc5c4)ncnc3[nH]2)CC1. The topological polar surface area (TPSA) is 96.0 Å². The summed E-state index contributed by atoms with van der Waals surface area (Å²) in [4.78, 5) is 26.3. The highest BCUT2D eigenvalue weighted by molar-refractivity contribution is 7.13. The second-order valence-electron chi connectivity index (χ2n) is 8.78. The number of ether oxygens (including phenoxy) is 1. The molecular formula is C23H24N6O2S. The van der Waals surface area contributed by atoms with Crippen LogP contribution in [0.2, 0.25) is 0 Å². The Morgan fingerprint density at radius 1 is 1.25 bits per heavy atom. The summed E-state index contributed by atoms with van der Waals surface area (Å²) in [6.45, 7) is 6.76. The van der Waals surface area contributed by atoms with E-state index in [9.17, 15) is 4.79 Å². The molecule has 0 aliphatic carbocycles. The van der Waals surface area contributed by atoms with Crippen LogP contribution in [0.5, 0.6) is 0 Å². The van der Waals surface area contributed by atoms with Crippen molar-refractivity contribution in [3.8, 4) is 0 Å². The van der Waals surface area contributed by atoms with E-state index < -0.39 is 5.60 Å². The molecule has 9 heteroatoms. The molecule has 1 aliphatic heterocycles. The Morgan fingerprint density at radius 3 is 2.91 bits per heavy atom. The van der Waals surface area contributed by atoms with E-state index in [-0.39, 0.29) is 6.09 Å². The Labute approximate surface area is 189 Å². The Kier molecular flexibility index (Phi) is 5.05. The van der Waals surface area contributed by atoms with Gasteiger partial charge in [0.15, 0.2) is 0 Å². The molecular weight excluding hydrogens is 424 g/mol. The molecule has 0 fully saturated rings. The number of anilines is 2. The fraction of sp³-hybridized carbons (Fsp3) is 0.304. The van der Waals surface area contributed by atoms with Crippen LogP contribution in [0.3, 0.4) is 0 Å². The summed E-state index contributed by atoms with van der Waals surface area (Å²) in [5, 5.41) is 5.42. The van der Waals surface area contributed by atoms with Crippen LogP contribution < -0.4 is 5.32 Å². The van der Waals surface area contributed by atoms with E-state index in [4.69, 9.17) is 4.74 Å². The first-order valence-electron chi connectivity index (χ1n) is 10.5. The first kappa shape index (κ1) is 20.4. The molecule has 0 bridgehead atoms. The largest absolute Gasteiger partial charge is 0.444 e. The van der Waals surface area contributed by atoms with Gasteiger partial charge in [0.05, 0.1) is 10.1 Å². The zero-order chi connectivity index (χ0) is 22.3. The summed E-state index contributed by atoms with van der Waals surface area (Å²) in [5.74, 6) is 0.742. The molecule has 1 amide bonds. The van der Waals surface area contributed by atoms with E-state index >= 15 is 0 Å². The number of nitrogens with one attached hydrogen (secondary N) is 2. The van der Waals surface area contributed by atoms with Gasteiger partial charge in [-0.25, -0.2) is 14.8 Å². The Morgan fingerprint density at radius 2 is 2.12 bits per heavy atom. The number of hydrogen-bond donors (Lipinski definition) is 2. The standard InChI is InChI=1S/C23H24N6O2S/c1-23(2,3)31-22(30)29-8-6-14(7-9-29)18-11-17-20(24-13-25-21(17)28-18)27-16-4-5-19-15(10-16)12-26-32-19/h4-6,10-13H,7-9H2,1-3H3,(H2,24,25,27,28). The molecule has 4 heterocycles. The van der Waals surface area contributed by atoms with Crippen LogP contribution in [0.1, 0.15) is 32.9 Å². The molecule has 32 heavy (non-hydrogen) atoms. The van der Waals surface area contributed by atoms with Crippen LogP contribution in [0.4, 0.5) is 16.3 Å². The van der Waals surface area contributed by atoms with Gasteiger partial charge in [0.1, 0.15) is 23.4 Å². The minimum Gasteiger partial charge on any atom is -0.444 e. The summed E-state index contributed by atoms with van der Waals surface area (Å²) in [7, 11) is 0. The normalized spacial score (nSPS) is 14.6. The van der Waals surface area contributed by atoms with E-state index in [0.717, 1.165) is 50.3 Å². The quantitative estimate of drug-likeness (QED) is 0.439. The summed E-state index contributed by atoms with van der Waals surface area (Å²) in [6, 6.07) is 8.21. The van der Waals surface area contributed by atoms with Crippen molar-refractivity contribution in [1.82, 2.24) is 24.2 Å². The molecule has 5 rings (SSSR count). The third kappa shape index (κ3) is 4.16. The lowest BCUT2D eigenvalue weighted by atomic mass is 10.1. The van der Waals surface area contributed by atoms with Gasteiger partial charge in [-0.3, -0.25) is 0 Å². The van der Waals surface area contributed by atoms with Crippen molar-refractivity contribution in [3.05, 3.63) is 48.6 Å². The number of amides is 1. The lowest BCUT2D eigenvalue weighted by molar-refractivity contribution is 0.0270. The number of hydrogen-bond acceptors (Lipinski definition) is 7. The number of aromatic nitrogens is 4. The maximum Gasteiger partial charge on any atom is 0.410 e. The van der Waals surface area contributed by atoms with Gasteiger partial charge in [0.2, 0.25) is 0 Å². The molecule has 0 unspecified atom stereocenters. The van der Waals surface area contributed by atoms with Gasteiger partial charge in [-0.2, -0.15) is 4.37 Å². The van der Waals surface area contributed by atoms with Crippen molar-refractivity contribution < 1.29 is 9.53 Å². The Bertz CT molecular complexity index is 1330. The van der Waals surface area contributed by atoms with Crippen molar-refractivity contribution >= 4 is 55.8 Å². The number of aromatic amines is 1. The maximum atomic E-state index is 12.3. The summed E-state index contributed by atoms with van der Waals surface area (Å²) in [5.41, 5.74) is 3.37. The average molecular weight is 449 g/mol. The van der Waals surface area contributed by atoms with E-state index in [2.05, 4.69) is 48.9 Å². The van der Waals surface area contributed by atoms with Crippen molar-refractivity contribution in [2.24, 2.45) is 0 Å². The predicted octanol–water partition coefficient (Wildman–Crippen LogP) is 5.34. The fourth-order valence-corrected chi connectivity index (χ4v) is 4.33. The molecule has 2 N–H and O–H groups in total. The molecule has 8 nitrogen and oxygen atoms in total. The lowest BCUT2D eigenvalue weighted by Crippen LogP contribution is -2.39. The van der Waals surface area contributed by atoms with E-state index in [1.807, 2.05) is 33.0 Å². The number of nitrogens with zero attached hydrogens (tertiary/aromatic N) is 4. The molecule has 0 radical (unpaired) electrons. The highest BCUT2D eigenvalue weighted by Gasteiger charge is 2.24. The highest BCUT2D eigenvalue weighted by Crippen LogP contribution is 2.30. The molecule has 0 atom stereocenters. The van der Waals surface area contributed by atoms with Crippen molar-refractivity contribution in [2.45, 2.75) is 32.8 Å². The lowest BCUT2D eigenvalue weighted by Gasteiger charge is -2.29. The van der Waals surface area contributed by atoms with Gasteiger partial charge in [0.25, 0.3) is 0 Å². The number of carbonyl (C=O) groups is 1. The number of H-pyrrole nitrogens is 1. The first-order chi connectivity index (χ1) is 15.4. The second-order valence-corrected chi connectivity index (χ2v) is 9.61. The Hall–Kier alpha value is -3.46. The second kappa shape index (κ2) is 7.90. The van der Waals surface area contributed by atoms with Crippen LogP contribution in [0, 0.1) is 0 Å². The van der Waals surface area contributed by atoms with E-state index in [0.29, 0.717) is 13.1 Å². The zero-order valence-electron chi connectivity index (χ0n) is 18.2.